The normalized spacial score (nSPS) is 17.2. The molecule has 0 spiro atoms. The number of amides is 1. The lowest BCUT2D eigenvalue weighted by atomic mass is 9.74. The zero-order chi connectivity index (χ0) is 28.0. The van der Waals surface area contributed by atoms with E-state index in [-0.39, 0.29) is 12.7 Å². The van der Waals surface area contributed by atoms with Gasteiger partial charge in [-0.05, 0) is 94.0 Å². The molecular weight excluding hydrogens is 500 g/mol. The Morgan fingerprint density at radius 3 is 2.70 bits per heavy atom. The van der Waals surface area contributed by atoms with Crippen LogP contribution in [0.3, 0.4) is 0 Å². The molecule has 1 atom stereocenters. The van der Waals surface area contributed by atoms with Gasteiger partial charge in [-0.25, -0.2) is 4.99 Å². The van der Waals surface area contributed by atoms with Gasteiger partial charge in [0.2, 0.25) is 0 Å². The Hall–Kier alpha value is -4.16. The van der Waals surface area contributed by atoms with E-state index in [0.29, 0.717) is 29.9 Å². The largest absolute Gasteiger partial charge is 0.490 e. The summed E-state index contributed by atoms with van der Waals surface area (Å²) in [7, 11) is 0. The number of aliphatic imine (C=N–C) groups is 1. The monoisotopic (exact) mass is 534 g/mol. The molecule has 6 nitrogen and oxygen atoms in total. The number of aliphatic hydroxyl groups excluding tert-OH is 1. The minimum absolute atomic E-state index is 0.0882. The number of aliphatic hydroxyl groups is 1. The molecule has 1 unspecified atom stereocenters. The molecule has 0 radical (unpaired) electrons. The summed E-state index contributed by atoms with van der Waals surface area (Å²) >= 11 is 0. The third-order valence-corrected chi connectivity index (χ3v) is 8.02. The maximum absolute atomic E-state index is 13.6. The van der Waals surface area contributed by atoms with Crippen LogP contribution in [0.2, 0.25) is 0 Å². The molecule has 2 heterocycles. The van der Waals surface area contributed by atoms with Crippen molar-refractivity contribution in [1.29, 1.82) is 0 Å². The van der Waals surface area contributed by atoms with E-state index >= 15 is 0 Å². The first-order chi connectivity index (χ1) is 19.3. The lowest BCUT2D eigenvalue weighted by Gasteiger charge is -2.32. The van der Waals surface area contributed by atoms with Crippen LogP contribution in [0, 0.1) is 19.3 Å². The number of H-pyrrole nitrogens is 1. The van der Waals surface area contributed by atoms with Crippen molar-refractivity contribution in [1.82, 2.24) is 4.98 Å². The zero-order valence-electron chi connectivity index (χ0n) is 23.4. The predicted molar refractivity (Wildman–Crippen MR) is 160 cm³/mol. The molecule has 6 rings (SSSR count). The highest BCUT2D eigenvalue weighted by atomic mass is 16.5. The SMILES string of the molecule is Cc1ccc(C)c2c3c([nH]c12)CCC(C=NC(=O)c1cc(-c2cc4ccccc4o2)ccc1OC(C)C)(CO)C3. The zero-order valence-corrected chi connectivity index (χ0v) is 23.4. The highest BCUT2D eigenvalue weighted by molar-refractivity contribution is 6.03. The minimum Gasteiger partial charge on any atom is -0.490 e. The fourth-order valence-corrected chi connectivity index (χ4v) is 5.84. The van der Waals surface area contributed by atoms with E-state index in [1.165, 1.54) is 27.8 Å². The molecule has 5 aromatic rings. The number of hydrogen-bond donors (Lipinski definition) is 2. The smallest absolute Gasteiger partial charge is 0.280 e. The fraction of sp³-hybridized carbons (Fsp3) is 0.294. The number of aromatic amines is 1. The van der Waals surface area contributed by atoms with Crippen molar-refractivity contribution >= 4 is 34.0 Å². The lowest BCUT2D eigenvalue weighted by molar-refractivity contribution is 0.0994. The van der Waals surface area contributed by atoms with E-state index in [2.05, 4.69) is 36.0 Å². The Morgan fingerprint density at radius 1 is 1.12 bits per heavy atom. The van der Waals surface area contributed by atoms with E-state index in [0.717, 1.165) is 28.5 Å². The summed E-state index contributed by atoms with van der Waals surface area (Å²) < 4.78 is 12.0. The molecule has 2 aromatic heterocycles. The van der Waals surface area contributed by atoms with Crippen molar-refractivity contribution in [2.75, 3.05) is 6.61 Å². The Balaban J connectivity index is 1.35. The van der Waals surface area contributed by atoms with E-state index in [1.54, 1.807) is 18.3 Å². The Bertz CT molecular complexity index is 1740. The summed E-state index contributed by atoms with van der Waals surface area (Å²) in [6, 6.07) is 19.5. The second kappa shape index (κ2) is 10.1. The average Bonchev–Trinajstić information content (AvgIpc) is 3.56. The van der Waals surface area contributed by atoms with Crippen LogP contribution < -0.4 is 4.74 Å². The van der Waals surface area contributed by atoms with Gasteiger partial charge in [-0.15, -0.1) is 0 Å². The Morgan fingerprint density at radius 2 is 1.93 bits per heavy atom. The quantitative estimate of drug-likeness (QED) is 0.223. The molecule has 40 heavy (non-hydrogen) atoms. The number of para-hydroxylation sites is 1. The number of hydrogen-bond acceptors (Lipinski definition) is 4. The van der Waals surface area contributed by atoms with Gasteiger partial charge in [-0.2, -0.15) is 0 Å². The van der Waals surface area contributed by atoms with Crippen LogP contribution in [-0.2, 0) is 12.8 Å². The van der Waals surface area contributed by atoms with Crippen molar-refractivity contribution in [3.8, 4) is 17.1 Å². The summed E-state index contributed by atoms with van der Waals surface area (Å²) in [4.78, 5) is 21.7. The summed E-state index contributed by atoms with van der Waals surface area (Å²) in [6.07, 6.45) is 3.67. The number of carbonyl (C=O) groups excluding carboxylic acids is 1. The molecular formula is C34H34N2O4. The molecule has 6 heteroatoms. The Labute approximate surface area is 233 Å². The highest BCUT2D eigenvalue weighted by Gasteiger charge is 2.35. The third-order valence-electron chi connectivity index (χ3n) is 8.02. The number of ether oxygens (including phenoxy) is 1. The van der Waals surface area contributed by atoms with Crippen molar-refractivity contribution < 1.29 is 19.1 Å². The summed E-state index contributed by atoms with van der Waals surface area (Å²) in [5, 5.41) is 12.8. The van der Waals surface area contributed by atoms with Crippen LogP contribution in [0.5, 0.6) is 5.75 Å². The second-order valence-electron chi connectivity index (χ2n) is 11.3. The van der Waals surface area contributed by atoms with Crippen LogP contribution in [-0.4, -0.2) is 34.9 Å². The number of carbonyl (C=O) groups is 1. The molecule has 1 aliphatic rings. The van der Waals surface area contributed by atoms with Gasteiger partial charge in [0, 0.05) is 39.2 Å². The second-order valence-corrected chi connectivity index (χ2v) is 11.3. The molecule has 0 fully saturated rings. The van der Waals surface area contributed by atoms with Gasteiger partial charge >= 0.3 is 0 Å². The fourth-order valence-electron chi connectivity index (χ4n) is 5.84. The highest BCUT2D eigenvalue weighted by Crippen LogP contribution is 2.40. The number of fused-ring (bicyclic) bond motifs is 4. The maximum atomic E-state index is 13.6. The molecule has 0 aliphatic heterocycles. The molecule has 0 saturated carbocycles. The molecule has 3 aromatic carbocycles. The Kier molecular flexibility index (Phi) is 6.59. The topological polar surface area (TPSA) is 87.8 Å². The number of aromatic nitrogens is 1. The first-order valence-electron chi connectivity index (χ1n) is 13.9. The van der Waals surface area contributed by atoms with Crippen LogP contribution in [0.25, 0.3) is 33.2 Å². The van der Waals surface area contributed by atoms with E-state index < -0.39 is 11.3 Å². The van der Waals surface area contributed by atoms with Crippen LogP contribution in [0.1, 0.15) is 53.0 Å². The molecule has 1 aliphatic carbocycles. The van der Waals surface area contributed by atoms with Crippen LogP contribution in [0.15, 0.2) is 70.1 Å². The van der Waals surface area contributed by atoms with Gasteiger partial charge in [0.05, 0.1) is 18.3 Å². The lowest BCUT2D eigenvalue weighted by Crippen LogP contribution is -2.34. The number of aryl methyl sites for hydroxylation is 3. The van der Waals surface area contributed by atoms with Crippen molar-refractivity contribution in [3.05, 3.63) is 88.6 Å². The minimum atomic E-state index is -0.622. The predicted octanol–water partition coefficient (Wildman–Crippen LogP) is 7.36. The van der Waals surface area contributed by atoms with Gasteiger partial charge in [0.25, 0.3) is 5.91 Å². The first kappa shape index (κ1) is 26.1. The molecule has 0 saturated heterocycles. The standard InChI is InChI=1S/C34H34N2O4/c1-20(2)39-29-12-11-24(30-16-23-7-5-6-8-28(23)40-30)15-25(29)33(38)35-18-34(19-37)14-13-27-26(17-34)31-21(3)9-10-22(4)32(31)36-27/h5-12,15-16,18,20,36-37H,13-14,17,19H2,1-4H3. The van der Waals surface area contributed by atoms with Gasteiger partial charge in [-0.3, -0.25) is 4.79 Å². The van der Waals surface area contributed by atoms with Crippen LogP contribution in [0.4, 0.5) is 0 Å². The maximum Gasteiger partial charge on any atom is 0.280 e. The molecule has 0 bridgehead atoms. The van der Waals surface area contributed by atoms with Gasteiger partial charge in [0.15, 0.2) is 0 Å². The third kappa shape index (κ3) is 4.62. The van der Waals surface area contributed by atoms with E-state index in [4.69, 9.17) is 9.15 Å². The number of furan rings is 1. The van der Waals surface area contributed by atoms with E-state index in [9.17, 15) is 9.90 Å². The summed E-state index contributed by atoms with van der Waals surface area (Å²) in [5.74, 6) is 0.744. The molecule has 204 valence electrons. The van der Waals surface area contributed by atoms with Gasteiger partial charge in [0.1, 0.15) is 17.1 Å². The van der Waals surface area contributed by atoms with Crippen LogP contribution >= 0.6 is 0 Å². The van der Waals surface area contributed by atoms with Crippen molar-refractivity contribution in [3.63, 3.8) is 0 Å². The van der Waals surface area contributed by atoms with Crippen molar-refractivity contribution in [2.45, 2.75) is 53.1 Å². The van der Waals surface area contributed by atoms with Gasteiger partial charge < -0.3 is 19.2 Å². The summed E-state index contributed by atoms with van der Waals surface area (Å²) in [5.41, 5.74) is 7.30. The first-order valence-corrected chi connectivity index (χ1v) is 13.9. The number of nitrogens with zero attached hydrogens (tertiary/aromatic N) is 1. The number of benzene rings is 3. The molecule has 1 amide bonds. The average molecular weight is 535 g/mol. The summed E-state index contributed by atoms with van der Waals surface area (Å²) in [6.45, 7) is 7.99. The number of rotatable bonds is 6. The van der Waals surface area contributed by atoms with Crippen molar-refractivity contribution in [2.24, 2.45) is 10.4 Å². The van der Waals surface area contributed by atoms with Gasteiger partial charge in [-0.1, -0.05) is 30.3 Å². The van der Waals surface area contributed by atoms with E-state index in [1.807, 2.05) is 50.2 Å². The number of nitrogens with one attached hydrogen (secondary N) is 1. The molecule has 2 N–H and O–H groups in total.